The van der Waals surface area contributed by atoms with Gasteiger partial charge in [0.15, 0.2) is 0 Å². The number of nitrogens with zero attached hydrogens (tertiary/aromatic N) is 4. The summed E-state index contributed by atoms with van der Waals surface area (Å²) >= 11 is 0. The number of imidazole rings is 1. The van der Waals surface area contributed by atoms with Gasteiger partial charge in [-0.15, -0.1) is 0 Å². The van der Waals surface area contributed by atoms with Crippen LogP contribution in [0, 0.1) is 13.8 Å². The van der Waals surface area contributed by atoms with Crippen LogP contribution < -0.4 is 5.32 Å². The van der Waals surface area contributed by atoms with Crippen molar-refractivity contribution in [2.24, 2.45) is 7.05 Å². The van der Waals surface area contributed by atoms with Gasteiger partial charge >= 0.3 is 0 Å². The average molecular weight is 247 g/mol. The molecule has 2 aromatic heterocycles. The van der Waals surface area contributed by atoms with Crippen LogP contribution in [0.15, 0.2) is 12.3 Å². The van der Waals surface area contributed by atoms with Crippen LogP contribution in [0.4, 0.5) is 0 Å². The molecular weight excluding hydrogens is 226 g/mol. The quantitative estimate of drug-likeness (QED) is 0.868. The fourth-order valence-electron chi connectivity index (χ4n) is 2.10. The summed E-state index contributed by atoms with van der Waals surface area (Å²) in [5.74, 6) is 1.04. The molecule has 0 spiro atoms. The second-order valence-corrected chi connectivity index (χ2v) is 4.56. The van der Waals surface area contributed by atoms with Crippen molar-refractivity contribution in [1.82, 2.24) is 24.6 Å². The van der Waals surface area contributed by atoms with Gasteiger partial charge < -0.3 is 9.88 Å². The molecule has 0 atom stereocenters. The molecule has 0 bridgehead atoms. The van der Waals surface area contributed by atoms with Gasteiger partial charge in [0.25, 0.3) is 0 Å². The Morgan fingerprint density at radius 3 is 2.67 bits per heavy atom. The zero-order valence-electron chi connectivity index (χ0n) is 11.6. The number of rotatable bonds is 5. The van der Waals surface area contributed by atoms with Crippen molar-refractivity contribution < 1.29 is 0 Å². The van der Waals surface area contributed by atoms with E-state index in [1.807, 2.05) is 31.8 Å². The molecule has 1 N–H and O–H groups in total. The maximum atomic E-state index is 4.40. The highest BCUT2D eigenvalue weighted by Crippen LogP contribution is 2.10. The number of hydrogen-bond donors (Lipinski definition) is 1. The molecule has 0 amide bonds. The van der Waals surface area contributed by atoms with E-state index in [4.69, 9.17) is 0 Å². The first-order valence-corrected chi connectivity index (χ1v) is 6.33. The lowest BCUT2D eigenvalue weighted by atomic mass is 10.3. The SMILES string of the molecule is CCNCc1cnc(C)n1Cc1cc(C)nn1C. The number of aryl methyl sites for hydroxylation is 3. The fraction of sp³-hybridized carbons (Fsp3) is 0.538. The summed E-state index contributed by atoms with van der Waals surface area (Å²) < 4.78 is 4.17. The summed E-state index contributed by atoms with van der Waals surface area (Å²) in [6, 6.07) is 2.12. The summed E-state index contributed by atoms with van der Waals surface area (Å²) in [4.78, 5) is 4.40. The maximum absolute atomic E-state index is 4.40. The van der Waals surface area contributed by atoms with Crippen LogP contribution in [0.1, 0.15) is 29.8 Å². The van der Waals surface area contributed by atoms with Crippen molar-refractivity contribution in [2.45, 2.75) is 33.9 Å². The monoisotopic (exact) mass is 247 g/mol. The van der Waals surface area contributed by atoms with E-state index < -0.39 is 0 Å². The third-order valence-corrected chi connectivity index (χ3v) is 3.11. The van der Waals surface area contributed by atoms with Crippen molar-refractivity contribution in [3.63, 3.8) is 0 Å². The van der Waals surface area contributed by atoms with Gasteiger partial charge in [0.05, 0.1) is 23.6 Å². The molecule has 5 heteroatoms. The predicted molar refractivity (Wildman–Crippen MR) is 71.4 cm³/mol. The Bertz CT molecular complexity index is 523. The second-order valence-electron chi connectivity index (χ2n) is 4.56. The molecule has 0 aliphatic carbocycles. The highest BCUT2D eigenvalue weighted by atomic mass is 15.3. The molecule has 2 heterocycles. The first kappa shape index (κ1) is 12.8. The lowest BCUT2D eigenvalue weighted by molar-refractivity contribution is 0.611. The lowest BCUT2D eigenvalue weighted by Crippen LogP contribution is -2.17. The predicted octanol–water partition coefficient (Wildman–Crippen LogP) is 1.39. The second kappa shape index (κ2) is 5.35. The van der Waals surface area contributed by atoms with Crippen LogP contribution in [0.25, 0.3) is 0 Å². The highest BCUT2D eigenvalue weighted by molar-refractivity contribution is 5.13. The smallest absolute Gasteiger partial charge is 0.106 e. The van der Waals surface area contributed by atoms with Crippen LogP contribution in [-0.4, -0.2) is 25.9 Å². The third kappa shape index (κ3) is 2.61. The zero-order valence-corrected chi connectivity index (χ0v) is 11.6. The normalized spacial score (nSPS) is 11.1. The molecule has 0 aliphatic rings. The lowest BCUT2D eigenvalue weighted by Gasteiger charge is -2.10. The zero-order chi connectivity index (χ0) is 13.1. The van der Waals surface area contributed by atoms with Gasteiger partial charge in [0, 0.05) is 19.8 Å². The van der Waals surface area contributed by atoms with E-state index in [0.29, 0.717) is 0 Å². The first-order valence-electron chi connectivity index (χ1n) is 6.33. The van der Waals surface area contributed by atoms with E-state index in [1.54, 1.807) is 0 Å². The maximum Gasteiger partial charge on any atom is 0.106 e. The minimum absolute atomic E-state index is 0.823. The topological polar surface area (TPSA) is 47.7 Å². The highest BCUT2D eigenvalue weighted by Gasteiger charge is 2.09. The summed E-state index contributed by atoms with van der Waals surface area (Å²) in [5, 5.41) is 7.72. The van der Waals surface area contributed by atoms with Crippen molar-refractivity contribution in [2.75, 3.05) is 6.54 Å². The van der Waals surface area contributed by atoms with Gasteiger partial charge in [0.1, 0.15) is 5.82 Å². The van der Waals surface area contributed by atoms with Crippen molar-refractivity contribution in [1.29, 1.82) is 0 Å². The third-order valence-electron chi connectivity index (χ3n) is 3.11. The molecule has 0 radical (unpaired) electrons. The van der Waals surface area contributed by atoms with E-state index in [-0.39, 0.29) is 0 Å². The first-order chi connectivity index (χ1) is 8.61. The molecule has 18 heavy (non-hydrogen) atoms. The molecule has 0 unspecified atom stereocenters. The molecule has 0 saturated carbocycles. The molecule has 0 aromatic carbocycles. The van der Waals surface area contributed by atoms with Crippen LogP contribution in [0.5, 0.6) is 0 Å². The summed E-state index contributed by atoms with van der Waals surface area (Å²) in [5.41, 5.74) is 3.47. The molecule has 0 fully saturated rings. The van der Waals surface area contributed by atoms with E-state index >= 15 is 0 Å². The van der Waals surface area contributed by atoms with Crippen LogP contribution in [-0.2, 0) is 20.1 Å². The largest absolute Gasteiger partial charge is 0.325 e. The summed E-state index contributed by atoms with van der Waals surface area (Å²) in [7, 11) is 1.98. The van der Waals surface area contributed by atoms with E-state index in [9.17, 15) is 0 Å². The van der Waals surface area contributed by atoms with Gasteiger partial charge in [-0.3, -0.25) is 4.68 Å². The van der Waals surface area contributed by atoms with Crippen molar-refractivity contribution in [3.05, 3.63) is 35.2 Å². The number of aromatic nitrogens is 4. The van der Waals surface area contributed by atoms with E-state index in [0.717, 1.165) is 31.2 Å². The Labute approximate surface area is 108 Å². The molecule has 2 rings (SSSR count). The fourth-order valence-corrected chi connectivity index (χ4v) is 2.10. The van der Waals surface area contributed by atoms with Crippen LogP contribution >= 0.6 is 0 Å². The van der Waals surface area contributed by atoms with Crippen LogP contribution in [0.2, 0.25) is 0 Å². The Hall–Kier alpha value is -1.62. The molecule has 2 aromatic rings. The van der Waals surface area contributed by atoms with Gasteiger partial charge in [-0.05, 0) is 26.5 Å². The van der Waals surface area contributed by atoms with Crippen molar-refractivity contribution in [3.8, 4) is 0 Å². The molecule has 98 valence electrons. The van der Waals surface area contributed by atoms with Crippen molar-refractivity contribution >= 4 is 0 Å². The summed E-state index contributed by atoms with van der Waals surface area (Å²) in [6.45, 7) is 8.81. The van der Waals surface area contributed by atoms with Crippen LogP contribution in [0.3, 0.4) is 0 Å². The molecular formula is C13H21N5. The molecule has 0 saturated heterocycles. The standard InChI is InChI=1S/C13H21N5/c1-5-14-7-13-8-15-11(3)18(13)9-12-6-10(2)16-17(12)4/h6,8,14H,5,7,9H2,1-4H3. The number of hydrogen-bond acceptors (Lipinski definition) is 3. The Morgan fingerprint density at radius 1 is 1.28 bits per heavy atom. The van der Waals surface area contributed by atoms with E-state index in [1.165, 1.54) is 11.4 Å². The average Bonchev–Trinajstić information content (AvgIpc) is 2.82. The summed E-state index contributed by atoms with van der Waals surface area (Å²) in [6.07, 6.45) is 1.95. The minimum atomic E-state index is 0.823. The molecule has 5 nitrogen and oxygen atoms in total. The van der Waals surface area contributed by atoms with Gasteiger partial charge in [-0.2, -0.15) is 5.10 Å². The van der Waals surface area contributed by atoms with E-state index in [2.05, 4.69) is 33.0 Å². The molecule has 0 aliphatic heterocycles. The van der Waals surface area contributed by atoms with Gasteiger partial charge in [0.2, 0.25) is 0 Å². The van der Waals surface area contributed by atoms with Gasteiger partial charge in [-0.25, -0.2) is 4.98 Å². The Morgan fingerprint density at radius 2 is 2.06 bits per heavy atom. The van der Waals surface area contributed by atoms with Gasteiger partial charge in [-0.1, -0.05) is 6.92 Å². The number of nitrogens with one attached hydrogen (secondary N) is 1. The Kier molecular flexibility index (Phi) is 3.81. The Balaban J connectivity index is 2.22. The minimum Gasteiger partial charge on any atom is -0.325 e.